The lowest BCUT2D eigenvalue weighted by Crippen LogP contribution is -2.12. The predicted molar refractivity (Wildman–Crippen MR) is 99.5 cm³/mol. The fraction of sp³-hybridized carbons (Fsp3) is 0.200. The molecule has 2 aromatic heterocycles. The molecule has 9 heteroatoms. The van der Waals surface area contributed by atoms with Crippen LogP contribution in [0.25, 0.3) is 9.88 Å². The van der Waals surface area contributed by atoms with Crippen molar-refractivity contribution in [2.75, 3.05) is 4.72 Å². The van der Waals surface area contributed by atoms with Gasteiger partial charge in [0.1, 0.15) is 0 Å². The Bertz CT molecular complexity index is 933. The number of aryl methyl sites for hydroxylation is 1. The van der Waals surface area contributed by atoms with Crippen molar-refractivity contribution in [1.82, 2.24) is 10.2 Å². The summed E-state index contributed by atoms with van der Waals surface area (Å²) in [5, 5.41) is 11.1. The molecule has 0 fully saturated rings. The van der Waals surface area contributed by atoms with Crippen LogP contribution in [0.2, 0.25) is 5.02 Å². The Morgan fingerprint density at radius 3 is 2.54 bits per heavy atom. The van der Waals surface area contributed by atoms with Crippen LogP contribution in [0.3, 0.4) is 0 Å². The van der Waals surface area contributed by atoms with Crippen LogP contribution in [0, 0.1) is 0 Å². The number of thiophene rings is 1. The van der Waals surface area contributed by atoms with Crippen molar-refractivity contribution in [1.29, 1.82) is 0 Å². The molecule has 0 unspecified atom stereocenters. The maximum atomic E-state index is 12.4. The molecule has 0 aliphatic carbocycles. The van der Waals surface area contributed by atoms with Crippen molar-refractivity contribution in [2.24, 2.45) is 0 Å². The molecule has 1 aromatic carbocycles. The second kappa shape index (κ2) is 7.18. The predicted octanol–water partition coefficient (Wildman–Crippen LogP) is 4.67. The average Bonchev–Trinajstić information content (AvgIpc) is 3.16. The molecule has 0 saturated heterocycles. The lowest BCUT2D eigenvalue weighted by Gasteiger charge is -2.05. The Hall–Kier alpha value is -1.48. The summed E-state index contributed by atoms with van der Waals surface area (Å²) in [6.07, 6.45) is 1.94. The van der Waals surface area contributed by atoms with Gasteiger partial charge in [-0.25, -0.2) is 8.42 Å². The molecule has 0 aliphatic heterocycles. The molecular weight excluding hydrogens is 386 g/mol. The van der Waals surface area contributed by atoms with E-state index < -0.39 is 10.0 Å². The van der Waals surface area contributed by atoms with Crippen LogP contribution in [0.4, 0.5) is 5.13 Å². The minimum Gasteiger partial charge on any atom is -0.253 e. The highest BCUT2D eigenvalue weighted by atomic mass is 35.5. The molecule has 0 saturated carbocycles. The molecule has 0 spiro atoms. The molecule has 3 rings (SSSR count). The Balaban J connectivity index is 1.80. The van der Waals surface area contributed by atoms with Crippen molar-refractivity contribution in [3.05, 3.63) is 46.3 Å². The van der Waals surface area contributed by atoms with Gasteiger partial charge in [-0.05, 0) is 35.6 Å². The number of nitrogens with one attached hydrogen (secondary N) is 1. The lowest BCUT2D eigenvalue weighted by atomic mass is 10.1. The maximum Gasteiger partial charge on any atom is 0.263 e. The third kappa shape index (κ3) is 3.77. The highest BCUT2D eigenvalue weighted by molar-refractivity contribution is 7.93. The molecule has 1 N–H and O–H groups in total. The highest BCUT2D eigenvalue weighted by Crippen LogP contribution is 2.36. The second-order valence-electron chi connectivity index (χ2n) is 5.01. The Morgan fingerprint density at radius 2 is 1.92 bits per heavy atom. The molecule has 5 nitrogen and oxygen atoms in total. The Morgan fingerprint density at radius 1 is 1.17 bits per heavy atom. The standard InChI is InChI=1S/C15H14ClN3O2S3/c1-2-3-10-4-6-11(7-5-10)24(20,21)19-15-18-17-14(23-15)13-12(16)8-9-22-13/h4-9H,2-3H2,1H3,(H,18,19). The number of hydrogen-bond donors (Lipinski definition) is 1. The Kier molecular flexibility index (Phi) is 5.19. The number of aromatic nitrogens is 2. The van der Waals surface area contributed by atoms with Gasteiger partial charge >= 0.3 is 0 Å². The monoisotopic (exact) mass is 399 g/mol. The van der Waals surface area contributed by atoms with Gasteiger partial charge in [-0.15, -0.1) is 21.5 Å². The minimum atomic E-state index is -3.68. The zero-order valence-electron chi connectivity index (χ0n) is 12.7. The Labute approximate surface area is 153 Å². The number of hydrogen-bond acceptors (Lipinski definition) is 6. The number of nitrogens with zero attached hydrogens (tertiary/aromatic N) is 2. The number of sulfonamides is 1. The lowest BCUT2D eigenvalue weighted by molar-refractivity contribution is 0.601. The minimum absolute atomic E-state index is 0.202. The van der Waals surface area contributed by atoms with Gasteiger partial charge < -0.3 is 0 Å². The van der Waals surface area contributed by atoms with Gasteiger partial charge in [0.25, 0.3) is 10.0 Å². The van der Waals surface area contributed by atoms with Gasteiger partial charge in [0, 0.05) is 0 Å². The number of anilines is 1. The maximum absolute atomic E-state index is 12.4. The fourth-order valence-electron chi connectivity index (χ4n) is 2.10. The molecule has 0 radical (unpaired) electrons. The van der Waals surface area contributed by atoms with Gasteiger partial charge in [-0.2, -0.15) is 0 Å². The van der Waals surface area contributed by atoms with E-state index in [0.717, 1.165) is 34.6 Å². The fourth-order valence-corrected chi connectivity index (χ4v) is 5.38. The smallest absolute Gasteiger partial charge is 0.253 e. The van der Waals surface area contributed by atoms with Crippen LogP contribution >= 0.6 is 34.3 Å². The third-order valence-corrected chi connectivity index (χ3v) is 7.05. The summed E-state index contributed by atoms with van der Waals surface area (Å²) in [4.78, 5) is 0.983. The first-order valence-corrected chi connectivity index (χ1v) is 10.7. The molecule has 3 aromatic rings. The van der Waals surface area contributed by atoms with E-state index in [9.17, 15) is 8.42 Å². The van der Waals surface area contributed by atoms with Crippen LogP contribution in [0.5, 0.6) is 0 Å². The van der Waals surface area contributed by atoms with E-state index in [1.54, 1.807) is 18.2 Å². The quantitative estimate of drug-likeness (QED) is 0.653. The van der Waals surface area contributed by atoms with Gasteiger partial charge in [0.15, 0.2) is 5.01 Å². The van der Waals surface area contributed by atoms with Crippen LogP contribution in [-0.4, -0.2) is 18.6 Å². The van der Waals surface area contributed by atoms with E-state index in [-0.39, 0.29) is 10.0 Å². The van der Waals surface area contributed by atoms with E-state index in [2.05, 4.69) is 21.8 Å². The molecule has 0 bridgehead atoms. The zero-order chi connectivity index (χ0) is 17.2. The van der Waals surface area contributed by atoms with Gasteiger partial charge in [-0.1, -0.05) is 48.4 Å². The van der Waals surface area contributed by atoms with Crippen molar-refractivity contribution < 1.29 is 8.42 Å². The largest absolute Gasteiger partial charge is 0.263 e. The van der Waals surface area contributed by atoms with E-state index in [4.69, 9.17) is 11.6 Å². The van der Waals surface area contributed by atoms with E-state index in [1.807, 2.05) is 17.5 Å². The van der Waals surface area contributed by atoms with E-state index in [0.29, 0.717) is 10.0 Å². The molecule has 24 heavy (non-hydrogen) atoms. The summed E-state index contributed by atoms with van der Waals surface area (Å²) < 4.78 is 27.3. The van der Waals surface area contributed by atoms with Crippen LogP contribution in [0.15, 0.2) is 40.6 Å². The highest BCUT2D eigenvalue weighted by Gasteiger charge is 2.18. The SMILES string of the molecule is CCCc1ccc(S(=O)(=O)Nc2nnc(-c3sccc3Cl)s2)cc1. The first kappa shape index (κ1) is 17.3. The van der Waals surface area contributed by atoms with Crippen LogP contribution in [-0.2, 0) is 16.4 Å². The molecule has 0 amide bonds. The van der Waals surface area contributed by atoms with Crippen molar-refractivity contribution in [2.45, 2.75) is 24.7 Å². The average molecular weight is 400 g/mol. The topological polar surface area (TPSA) is 72.0 Å². The van der Waals surface area contributed by atoms with E-state index >= 15 is 0 Å². The molecule has 0 aliphatic rings. The normalized spacial score (nSPS) is 11.6. The number of benzene rings is 1. The molecule has 0 atom stereocenters. The van der Waals surface area contributed by atoms with Crippen LogP contribution < -0.4 is 4.72 Å². The van der Waals surface area contributed by atoms with Gasteiger partial charge in [0.2, 0.25) is 5.13 Å². The first-order valence-electron chi connectivity index (χ1n) is 7.18. The summed E-state index contributed by atoms with van der Waals surface area (Å²) in [5.41, 5.74) is 1.11. The first-order chi connectivity index (χ1) is 11.5. The van der Waals surface area contributed by atoms with E-state index in [1.165, 1.54) is 11.3 Å². The summed E-state index contributed by atoms with van der Waals surface area (Å²) in [5.74, 6) is 0. The van der Waals surface area contributed by atoms with Gasteiger partial charge in [0.05, 0.1) is 14.8 Å². The number of halogens is 1. The summed E-state index contributed by atoms with van der Waals surface area (Å²) in [7, 11) is -3.68. The molecular formula is C15H14ClN3O2S3. The summed E-state index contributed by atoms with van der Waals surface area (Å²) >= 11 is 8.65. The van der Waals surface area contributed by atoms with Crippen molar-refractivity contribution in [3.63, 3.8) is 0 Å². The van der Waals surface area contributed by atoms with Gasteiger partial charge in [-0.3, -0.25) is 4.72 Å². The molecule has 2 heterocycles. The van der Waals surface area contributed by atoms with Crippen molar-refractivity contribution >= 4 is 49.4 Å². The van der Waals surface area contributed by atoms with Crippen LogP contribution in [0.1, 0.15) is 18.9 Å². The van der Waals surface area contributed by atoms with Crippen molar-refractivity contribution in [3.8, 4) is 9.88 Å². The molecule has 126 valence electrons. The second-order valence-corrected chi connectivity index (χ2v) is 8.99. The summed E-state index contributed by atoms with van der Waals surface area (Å²) in [6.45, 7) is 2.08. The third-order valence-electron chi connectivity index (χ3n) is 3.23. The number of rotatable bonds is 6. The zero-order valence-corrected chi connectivity index (χ0v) is 15.9. The summed E-state index contributed by atoms with van der Waals surface area (Å²) in [6, 6.07) is 8.63.